The SMILES string of the molecule is C=CC1CC(=O)N(Cc2c[nH]c3ccccc23)C1. The summed E-state index contributed by atoms with van der Waals surface area (Å²) in [6.07, 6.45) is 4.48. The van der Waals surface area contributed by atoms with Crippen molar-refractivity contribution >= 4 is 16.8 Å². The Morgan fingerprint density at radius 1 is 1.44 bits per heavy atom. The highest BCUT2D eigenvalue weighted by atomic mass is 16.2. The van der Waals surface area contributed by atoms with E-state index >= 15 is 0 Å². The molecule has 1 aromatic heterocycles. The van der Waals surface area contributed by atoms with Gasteiger partial charge in [0.1, 0.15) is 0 Å². The van der Waals surface area contributed by atoms with Crippen LogP contribution in [0.4, 0.5) is 0 Å². The van der Waals surface area contributed by atoms with Gasteiger partial charge in [-0.25, -0.2) is 0 Å². The number of hydrogen-bond acceptors (Lipinski definition) is 1. The number of rotatable bonds is 3. The van der Waals surface area contributed by atoms with E-state index < -0.39 is 0 Å². The largest absolute Gasteiger partial charge is 0.361 e. The van der Waals surface area contributed by atoms with Gasteiger partial charge in [0, 0.05) is 42.5 Å². The first kappa shape index (κ1) is 11.1. The van der Waals surface area contributed by atoms with E-state index in [-0.39, 0.29) is 5.91 Å². The molecule has 92 valence electrons. The maximum Gasteiger partial charge on any atom is 0.223 e. The second-order valence-electron chi connectivity index (χ2n) is 4.83. The van der Waals surface area contributed by atoms with Gasteiger partial charge in [0.05, 0.1) is 0 Å². The summed E-state index contributed by atoms with van der Waals surface area (Å²) in [4.78, 5) is 17.0. The van der Waals surface area contributed by atoms with Crippen LogP contribution in [0.15, 0.2) is 43.1 Å². The second-order valence-corrected chi connectivity index (χ2v) is 4.83. The Morgan fingerprint density at radius 3 is 3.06 bits per heavy atom. The van der Waals surface area contributed by atoms with E-state index in [0.717, 1.165) is 12.1 Å². The molecule has 1 aromatic carbocycles. The number of nitrogens with one attached hydrogen (secondary N) is 1. The molecule has 3 heteroatoms. The van der Waals surface area contributed by atoms with E-state index in [1.54, 1.807) is 0 Å². The molecule has 3 rings (SSSR count). The molecule has 1 unspecified atom stereocenters. The molecule has 2 heterocycles. The van der Waals surface area contributed by atoms with E-state index in [4.69, 9.17) is 0 Å². The molecule has 1 fully saturated rings. The molecule has 1 amide bonds. The fourth-order valence-corrected chi connectivity index (χ4v) is 2.58. The van der Waals surface area contributed by atoms with Crippen LogP contribution < -0.4 is 0 Å². The minimum atomic E-state index is 0.227. The maximum absolute atomic E-state index is 11.9. The monoisotopic (exact) mass is 240 g/mol. The number of carbonyl (C=O) groups excluding carboxylic acids is 1. The zero-order valence-electron chi connectivity index (χ0n) is 10.2. The number of fused-ring (bicyclic) bond motifs is 1. The first-order chi connectivity index (χ1) is 8.78. The van der Waals surface area contributed by atoms with Crippen molar-refractivity contribution in [3.63, 3.8) is 0 Å². The third kappa shape index (κ3) is 1.82. The first-order valence-electron chi connectivity index (χ1n) is 6.23. The quantitative estimate of drug-likeness (QED) is 0.823. The molecule has 0 bridgehead atoms. The van der Waals surface area contributed by atoms with Crippen LogP contribution in [-0.4, -0.2) is 22.3 Å². The molecule has 1 N–H and O–H groups in total. The van der Waals surface area contributed by atoms with Crippen molar-refractivity contribution in [2.24, 2.45) is 5.92 Å². The van der Waals surface area contributed by atoms with Gasteiger partial charge in [-0.2, -0.15) is 0 Å². The van der Waals surface area contributed by atoms with Crippen LogP contribution in [0.3, 0.4) is 0 Å². The molecular weight excluding hydrogens is 224 g/mol. The Bertz CT molecular complexity index is 599. The number of para-hydroxylation sites is 1. The number of aromatic amines is 1. The molecule has 1 aliphatic heterocycles. The number of H-pyrrole nitrogens is 1. The Labute approximate surface area is 106 Å². The van der Waals surface area contributed by atoms with Crippen molar-refractivity contribution in [3.8, 4) is 0 Å². The minimum Gasteiger partial charge on any atom is -0.361 e. The van der Waals surface area contributed by atoms with E-state index in [2.05, 4.69) is 23.7 Å². The molecule has 0 radical (unpaired) electrons. The highest BCUT2D eigenvalue weighted by Gasteiger charge is 2.27. The molecule has 1 aliphatic rings. The van der Waals surface area contributed by atoms with Crippen LogP contribution in [0.5, 0.6) is 0 Å². The maximum atomic E-state index is 11.9. The number of benzene rings is 1. The predicted octanol–water partition coefficient (Wildman–Crippen LogP) is 2.70. The molecule has 2 aromatic rings. The van der Waals surface area contributed by atoms with E-state index in [1.807, 2.05) is 29.3 Å². The molecule has 3 nitrogen and oxygen atoms in total. The smallest absolute Gasteiger partial charge is 0.223 e. The van der Waals surface area contributed by atoms with Crippen LogP contribution in [0, 0.1) is 5.92 Å². The fourth-order valence-electron chi connectivity index (χ4n) is 2.58. The zero-order valence-corrected chi connectivity index (χ0v) is 10.2. The summed E-state index contributed by atoms with van der Waals surface area (Å²) < 4.78 is 0. The first-order valence-corrected chi connectivity index (χ1v) is 6.23. The summed E-state index contributed by atoms with van der Waals surface area (Å²) in [6.45, 7) is 5.25. The van der Waals surface area contributed by atoms with Gasteiger partial charge in [-0.3, -0.25) is 4.79 Å². The van der Waals surface area contributed by atoms with Crippen molar-refractivity contribution in [3.05, 3.63) is 48.7 Å². The Morgan fingerprint density at radius 2 is 2.28 bits per heavy atom. The Kier molecular flexibility index (Phi) is 2.67. The lowest BCUT2D eigenvalue weighted by Crippen LogP contribution is -2.24. The lowest BCUT2D eigenvalue weighted by Gasteiger charge is -2.15. The summed E-state index contributed by atoms with van der Waals surface area (Å²) in [6, 6.07) is 8.18. The van der Waals surface area contributed by atoms with E-state index in [1.165, 1.54) is 10.9 Å². The van der Waals surface area contributed by atoms with Crippen molar-refractivity contribution < 1.29 is 4.79 Å². The number of likely N-dealkylation sites (tertiary alicyclic amines) is 1. The van der Waals surface area contributed by atoms with Crippen LogP contribution in [0.2, 0.25) is 0 Å². The average molecular weight is 240 g/mol. The van der Waals surface area contributed by atoms with Crippen LogP contribution in [0.25, 0.3) is 10.9 Å². The second kappa shape index (κ2) is 4.33. The van der Waals surface area contributed by atoms with Gasteiger partial charge in [-0.1, -0.05) is 24.3 Å². The summed E-state index contributed by atoms with van der Waals surface area (Å²) >= 11 is 0. The lowest BCUT2D eigenvalue weighted by atomic mass is 10.1. The molecule has 0 saturated carbocycles. The summed E-state index contributed by atoms with van der Waals surface area (Å²) in [5, 5.41) is 1.20. The molecular formula is C15H16N2O. The van der Waals surface area contributed by atoms with E-state index in [9.17, 15) is 4.79 Å². The summed E-state index contributed by atoms with van der Waals surface area (Å²) in [5.41, 5.74) is 2.31. The number of nitrogens with zero attached hydrogens (tertiary/aromatic N) is 1. The standard InChI is InChI=1S/C15H16N2O/c1-2-11-7-15(18)17(9-11)10-12-8-16-14-6-4-3-5-13(12)14/h2-6,8,11,16H,1,7,9-10H2. The highest BCUT2D eigenvalue weighted by molar-refractivity contribution is 5.84. The molecule has 0 spiro atoms. The van der Waals surface area contributed by atoms with Crippen molar-refractivity contribution in [1.82, 2.24) is 9.88 Å². The van der Waals surface area contributed by atoms with Gasteiger partial charge < -0.3 is 9.88 Å². The third-order valence-electron chi connectivity index (χ3n) is 3.61. The fraction of sp³-hybridized carbons (Fsp3) is 0.267. The van der Waals surface area contributed by atoms with Gasteiger partial charge in [0.25, 0.3) is 0 Å². The van der Waals surface area contributed by atoms with Gasteiger partial charge in [0.15, 0.2) is 0 Å². The van der Waals surface area contributed by atoms with Crippen LogP contribution in [-0.2, 0) is 11.3 Å². The Balaban J connectivity index is 1.85. The van der Waals surface area contributed by atoms with Crippen LogP contribution in [0.1, 0.15) is 12.0 Å². The topological polar surface area (TPSA) is 36.1 Å². The normalized spacial score (nSPS) is 19.7. The number of carbonyl (C=O) groups is 1. The zero-order chi connectivity index (χ0) is 12.5. The van der Waals surface area contributed by atoms with Gasteiger partial charge >= 0.3 is 0 Å². The van der Waals surface area contributed by atoms with Crippen LogP contribution >= 0.6 is 0 Å². The molecule has 1 saturated heterocycles. The molecule has 0 aliphatic carbocycles. The lowest BCUT2D eigenvalue weighted by molar-refractivity contribution is -0.128. The molecule has 18 heavy (non-hydrogen) atoms. The highest BCUT2D eigenvalue weighted by Crippen LogP contribution is 2.24. The van der Waals surface area contributed by atoms with Crippen molar-refractivity contribution in [2.45, 2.75) is 13.0 Å². The van der Waals surface area contributed by atoms with Gasteiger partial charge in [-0.05, 0) is 11.6 Å². The average Bonchev–Trinajstić information content (AvgIpc) is 2.95. The minimum absolute atomic E-state index is 0.227. The third-order valence-corrected chi connectivity index (χ3v) is 3.61. The van der Waals surface area contributed by atoms with Crippen molar-refractivity contribution in [2.75, 3.05) is 6.54 Å². The van der Waals surface area contributed by atoms with Crippen molar-refractivity contribution in [1.29, 1.82) is 0 Å². The van der Waals surface area contributed by atoms with E-state index in [0.29, 0.717) is 18.9 Å². The molecule has 1 atom stereocenters. The van der Waals surface area contributed by atoms with Gasteiger partial charge in [-0.15, -0.1) is 6.58 Å². The predicted molar refractivity (Wildman–Crippen MR) is 72.0 cm³/mol. The number of amides is 1. The van der Waals surface area contributed by atoms with Gasteiger partial charge in [0.2, 0.25) is 5.91 Å². The number of aromatic nitrogens is 1. The summed E-state index contributed by atoms with van der Waals surface area (Å²) in [7, 11) is 0. The summed E-state index contributed by atoms with van der Waals surface area (Å²) in [5.74, 6) is 0.535. The Hall–Kier alpha value is -2.03. The number of hydrogen-bond donors (Lipinski definition) is 1.